The van der Waals surface area contributed by atoms with Crippen molar-refractivity contribution >= 4 is 5.82 Å². The van der Waals surface area contributed by atoms with Crippen LogP contribution in [0.1, 0.15) is 76.3 Å². The van der Waals surface area contributed by atoms with Crippen LogP contribution in [0.25, 0.3) is 0 Å². The zero-order valence-electron chi connectivity index (χ0n) is 16.3. The molecule has 0 saturated carbocycles. The van der Waals surface area contributed by atoms with Gasteiger partial charge in [0.15, 0.2) is 0 Å². The Labute approximate surface area is 156 Å². The van der Waals surface area contributed by atoms with Crippen molar-refractivity contribution in [2.24, 2.45) is 0 Å². The predicted molar refractivity (Wildman–Crippen MR) is 102 cm³/mol. The van der Waals surface area contributed by atoms with Crippen LogP contribution in [0.15, 0.2) is 12.3 Å². The Bertz CT molecular complexity index is 760. The maximum atomic E-state index is 4.86. The summed E-state index contributed by atoms with van der Waals surface area (Å²) in [4.78, 5) is 11.7. The molecule has 1 unspecified atom stereocenters. The highest BCUT2D eigenvalue weighted by molar-refractivity contribution is 5.39. The molecular formula is C20H30N6. The number of anilines is 1. The van der Waals surface area contributed by atoms with Gasteiger partial charge in [0.05, 0.1) is 0 Å². The Morgan fingerprint density at radius 2 is 1.92 bits per heavy atom. The lowest BCUT2D eigenvalue weighted by atomic mass is 9.95. The molecule has 2 aliphatic rings. The van der Waals surface area contributed by atoms with E-state index in [0.29, 0.717) is 5.92 Å². The number of hydrogen-bond donors (Lipinski definition) is 0. The van der Waals surface area contributed by atoms with Crippen LogP contribution in [-0.2, 0) is 18.4 Å². The average Bonchev–Trinajstić information content (AvgIpc) is 2.90. The van der Waals surface area contributed by atoms with E-state index in [0.717, 1.165) is 37.7 Å². The molecule has 6 nitrogen and oxygen atoms in total. The number of aromatic nitrogens is 5. The Morgan fingerprint density at radius 3 is 2.77 bits per heavy atom. The second-order valence-electron chi connectivity index (χ2n) is 8.71. The highest BCUT2D eigenvalue weighted by Crippen LogP contribution is 2.30. The van der Waals surface area contributed by atoms with Crippen molar-refractivity contribution in [3.63, 3.8) is 0 Å². The van der Waals surface area contributed by atoms with Gasteiger partial charge in [-0.05, 0) is 31.7 Å². The second-order valence-corrected chi connectivity index (χ2v) is 8.71. The van der Waals surface area contributed by atoms with Crippen LogP contribution in [-0.4, -0.2) is 37.8 Å². The fourth-order valence-corrected chi connectivity index (χ4v) is 4.09. The van der Waals surface area contributed by atoms with Crippen molar-refractivity contribution in [3.05, 3.63) is 29.7 Å². The third kappa shape index (κ3) is 3.46. The number of nitrogens with zero attached hydrogens (tertiary/aromatic N) is 6. The van der Waals surface area contributed by atoms with Crippen molar-refractivity contribution in [1.29, 1.82) is 0 Å². The van der Waals surface area contributed by atoms with Gasteiger partial charge in [0.25, 0.3) is 0 Å². The van der Waals surface area contributed by atoms with Gasteiger partial charge in [-0.15, -0.1) is 10.2 Å². The monoisotopic (exact) mass is 354 g/mol. The summed E-state index contributed by atoms with van der Waals surface area (Å²) in [5.41, 5.74) is -0.0322. The van der Waals surface area contributed by atoms with Gasteiger partial charge in [-0.3, -0.25) is 0 Å². The van der Waals surface area contributed by atoms with Crippen molar-refractivity contribution in [3.8, 4) is 0 Å². The van der Waals surface area contributed by atoms with Crippen LogP contribution in [0.4, 0.5) is 5.82 Å². The molecule has 1 atom stereocenters. The molecule has 1 fully saturated rings. The highest BCUT2D eigenvalue weighted by atomic mass is 15.3. The molecule has 2 aliphatic heterocycles. The Kier molecular flexibility index (Phi) is 4.67. The summed E-state index contributed by atoms with van der Waals surface area (Å²) in [5.74, 6) is 4.78. The first kappa shape index (κ1) is 17.4. The smallest absolute Gasteiger partial charge is 0.137 e. The standard InChI is InChI=1S/C20H30N6/c1-20(2,3)19-21-11-10-16(22-19)25-12-7-8-15(14-25)18-24-23-17-9-5-4-6-13-26(17)18/h10-11,15H,4-9,12-14H2,1-3H3. The Balaban J connectivity index is 1.56. The van der Waals surface area contributed by atoms with Crippen molar-refractivity contribution < 1.29 is 0 Å². The molecule has 0 N–H and O–H groups in total. The van der Waals surface area contributed by atoms with Crippen LogP contribution in [0.3, 0.4) is 0 Å². The number of piperidine rings is 1. The normalized spacial score (nSPS) is 21.3. The molecule has 0 radical (unpaired) electrons. The van der Waals surface area contributed by atoms with Crippen LogP contribution in [0.5, 0.6) is 0 Å². The summed E-state index contributed by atoms with van der Waals surface area (Å²) in [6.07, 6.45) is 9.12. The molecule has 2 aromatic rings. The van der Waals surface area contributed by atoms with Crippen LogP contribution >= 0.6 is 0 Å². The molecule has 0 aromatic carbocycles. The summed E-state index contributed by atoms with van der Waals surface area (Å²) in [7, 11) is 0. The first-order chi connectivity index (χ1) is 12.5. The molecule has 0 aliphatic carbocycles. The molecule has 4 heterocycles. The SMILES string of the molecule is CC(C)(C)c1nccc(N2CCCC(c3nnc4n3CCCCC4)C2)n1. The van der Waals surface area contributed by atoms with Gasteiger partial charge < -0.3 is 9.47 Å². The predicted octanol–water partition coefficient (Wildman–Crippen LogP) is 3.48. The number of aryl methyl sites for hydroxylation is 1. The molecule has 0 bridgehead atoms. The van der Waals surface area contributed by atoms with Crippen molar-refractivity contribution in [2.45, 2.75) is 77.2 Å². The molecule has 6 heteroatoms. The minimum absolute atomic E-state index is 0.0322. The van der Waals surface area contributed by atoms with Crippen LogP contribution in [0.2, 0.25) is 0 Å². The molecule has 1 saturated heterocycles. The van der Waals surface area contributed by atoms with Crippen LogP contribution in [0, 0.1) is 0 Å². The van der Waals surface area contributed by atoms with E-state index in [4.69, 9.17) is 4.98 Å². The van der Waals surface area contributed by atoms with Gasteiger partial charge in [-0.1, -0.05) is 27.2 Å². The molecule has 0 amide bonds. The van der Waals surface area contributed by atoms with Gasteiger partial charge in [-0.25, -0.2) is 9.97 Å². The molecule has 140 valence electrons. The summed E-state index contributed by atoms with van der Waals surface area (Å²) in [6, 6.07) is 2.04. The minimum atomic E-state index is -0.0322. The highest BCUT2D eigenvalue weighted by Gasteiger charge is 2.28. The second kappa shape index (κ2) is 6.97. The summed E-state index contributed by atoms with van der Waals surface area (Å²) >= 11 is 0. The quantitative estimate of drug-likeness (QED) is 0.826. The zero-order chi connectivity index (χ0) is 18.1. The minimum Gasteiger partial charge on any atom is -0.356 e. The lowest BCUT2D eigenvalue weighted by Crippen LogP contribution is -2.36. The largest absolute Gasteiger partial charge is 0.356 e. The fraction of sp³-hybridized carbons (Fsp3) is 0.700. The first-order valence-corrected chi connectivity index (χ1v) is 10.0. The Morgan fingerprint density at radius 1 is 1.04 bits per heavy atom. The maximum absolute atomic E-state index is 4.86. The first-order valence-electron chi connectivity index (χ1n) is 10.0. The third-order valence-corrected chi connectivity index (χ3v) is 5.56. The lowest BCUT2D eigenvalue weighted by molar-refractivity contribution is 0.461. The average molecular weight is 355 g/mol. The van der Waals surface area contributed by atoms with Gasteiger partial charge in [0.2, 0.25) is 0 Å². The number of rotatable bonds is 2. The topological polar surface area (TPSA) is 59.7 Å². The summed E-state index contributed by atoms with van der Waals surface area (Å²) in [5, 5.41) is 9.11. The van der Waals surface area contributed by atoms with E-state index in [1.54, 1.807) is 0 Å². The molecule has 4 rings (SSSR count). The van der Waals surface area contributed by atoms with Gasteiger partial charge in [0, 0.05) is 43.6 Å². The van der Waals surface area contributed by atoms with E-state index in [-0.39, 0.29) is 5.41 Å². The van der Waals surface area contributed by atoms with E-state index in [1.165, 1.54) is 43.8 Å². The molecule has 26 heavy (non-hydrogen) atoms. The molecule has 0 spiro atoms. The zero-order valence-corrected chi connectivity index (χ0v) is 16.3. The van der Waals surface area contributed by atoms with E-state index < -0.39 is 0 Å². The third-order valence-electron chi connectivity index (χ3n) is 5.56. The van der Waals surface area contributed by atoms with E-state index in [9.17, 15) is 0 Å². The van der Waals surface area contributed by atoms with Gasteiger partial charge >= 0.3 is 0 Å². The summed E-state index contributed by atoms with van der Waals surface area (Å²) < 4.78 is 2.40. The maximum Gasteiger partial charge on any atom is 0.137 e. The van der Waals surface area contributed by atoms with E-state index >= 15 is 0 Å². The Hall–Kier alpha value is -1.98. The van der Waals surface area contributed by atoms with Crippen LogP contribution < -0.4 is 4.90 Å². The van der Waals surface area contributed by atoms with Gasteiger partial charge in [0.1, 0.15) is 23.3 Å². The van der Waals surface area contributed by atoms with E-state index in [2.05, 4.69) is 45.4 Å². The molecular weight excluding hydrogens is 324 g/mol. The van der Waals surface area contributed by atoms with Crippen molar-refractivity contribution in [2.75, 3.05) is 18.0 Å². The number of fused-ring (bicyclic) bond motifs is 1. The fourth-order valence-electron chi connectivity index (χ4n) is 4.09. The molecule has 2 aromatic heterocycles. The van der Waals surface area contributed by atoms with Crippen molar-refractivity contribution in [1.82, 2.24) is 24.7 Å². The number of hydrogen-bond acceptors (Lipinski definition) is 5. The van der Waals surface area contributed by atoms with Gasteiger partial charge in [-0.2, -0.15) is 0 Å². The summed E-state index contributed by atoms with van der Waals surface area (Å²) in [6.45, 7) is 9.59. The lowest BCUT2D eigenvalue weighted by Gasteiger charge is -2.33. The van der Waals surface area contributed by atoms with E-state index in [1.807, 2.05) is 12.3 Å².